The van der Waals surface area contributed by atoms with Crippen LogP contribution in [0.25, 0.3) is 11.4 Å². The number of nitrogens with one attached hydrogen (secondary N) is 2. The first-order valence-electron chi connectivity index (χ1n) is 14.6. The lowest BCUT2D eigenvalue weighted by Crippen LogP contribution is -2.33. The molecule has 1 aromatic heterocycles. The molecule has 2 amide bonds. The van der Waals surface area contributed by atoms with Gasteiger partial charge in [0.05, 0.1) is 0 Å². The molecule has 0 saturated carbocycles. The van der Waals surface area contributed by atoms with E-state index < -0.39 is 0 Å². The van der Waals surface area contributed by atoms with E-state index in [0.29, 0.717) is 55.5 Å². The molecule has 3 aromatic rings. The molecule has 0 aliphatic heterocycles. The van der Waals surface area contributed by atoms with Gasteiger partial charge in [-0.25, -0.2) is 4.98 Å². The van der Waals surface area contributed by atoms with Crippen molar-refractivity contribution in [1.29, 1.82) is 0 Å². The van der Waals surface area contributed by atoms with Crippen LogP contribution >= 0.6 is 0 Å². The molecule has 0 spiro atoms. The maximum atomic E-state index is 13.5. The Morgan fingerprint density at radius 1 is 0.950 bits per heavy atom. The SMILES string of the molecule is CCCN(CCC)C(=O)c1cc(C(=O)NCCCNCc2cccc(CC)c2)cc(-c2nccn2COCC)c1. The third kappa shape index (κ3) is 9.03. The van der Waals surface area contributed by atoms with Crippen LogP contribution in [0.15, 0.2) is 54.9 Å². The molecule has 8 nitrogen and oxygen atoms in total. The van der Waals surface area contributed by atoms with E-state index in [2.05, 4.69) is 60.7 Å². The molecule has 0 radical (unpaired) electrons. The summed E-state index contributed by atoms with van der Waals surface area (Å²) in [7, 11) is 0. The lowest BCUT2D eigenvalue weighted by molar-refractivity contribution is 0.0755. The van der Waals surface area contributed by atoms with Crippen molar-refractivity contribution in [3.05, 3.63) is 77.1 Å². The predicted molar refractivity (Wildman–Crippen MR) is 160 cm³/mol. The first-order valence-corrected chi connectivity index (χ1v) is 14.6. The van der Waals surface area contributed by atoms with Gasteiger partial charge >= 0.3 is 0 Å². The van der Waals surface area contributed by atoms with E-state index >= 15 is 0 Å². The fraction of sp³-hybridized carbons (Fsp3) is 0.469. The highest BCUT2D eigenvalue weighted by Crippen LogP contribution is 2.23. The second kappa shape index (κ2) is 16.6. The summed E-state index contributed by atoms with van der Waals surface area (Å²) in [4.78, 5) is 33.1. The average Bonchev–Trinajstić information content (AvgIpc) is 3.45. The first kappa shape index (κ1) is 31.0. The smallest absolute Gasteiger partial charge is 0.253 e. The van der Waals surface area contributed by atoms with Gasteiger partial charge < -0.3 is 24.8 Å². The van der Waals surface area contributed by atoms with Crippen molar-refractivity contribution in [2.75, 3.05) is 32.8 Å². The van der Waals surface area contributed by atoms with E-state index in [4.69, 9.17) is 4.74 Å². The number of hydrogen-bond acceptors (Lipinski definition) is 5. The molecular formula is C32H45N5O3. The second-order valence-corrected chi connectivity index (χ2v) is 9.89. The van der Waals surface area contributed by atoms with Crippen LogP contribution in [0.4, 0.5) is 0 Å². The van der Waals surface area contributed by atoms with Crippen molar-refractivity contribution in [2.24, 2.45) is 0 Å². The lowest BCUT2D eigenvalue weighted by atomic mass is 10.0. The van der Waals surface area contributed by atoms with Crippen molar-refractivity contribution in [3.8, 4) is 11.4 Å². The largest absolute Gasteiger partial charge is 0.361 e. The number of benzene rings is 2. The fourth-order valence-electron chi connectivity index (χ4n) is 4.62. The highest BCUT2D eigenvalue weighted by Gasteiger charge is 2.20. The number of rotatable bonds is 17. The van der Waals surface area contributed by atoms with Crippen LogP contribution in [-0.2, 0) is 24.4 Å². The molecule has 1 heterocycles. The zero-order valence-electron chi connectivity index (χ0n) is 24.5. The predicted octanol–water partition coefficient (Wildman–Crippen LogP) is 5.28. The van der Waals surface area contributed by atoms with Crippen molar-refractivity contribution >= 4 is 11.8 Å². The molecule has 2 N–H and O–H groups in total. The Bertz CT molecular complexity index is 1220. The quantitative estimate of drug-likeness (QED) is 0.225. The van der Waals surface area contributed by atoms with Crippen LogP contribution in [-0.4, -0.2) is 59.1 Å². The minimum Gasteiger partial charge on any atom is -0.361 e. The van der Waals surface area contributed by atoms with Gasteiger partial charge in [0.1, 0.15) is 12.6 Å². The molecule has 8 heteroatoms. The van der Waals surface area contributed by atoms with Gasteiger partial charge in [-0.3, -0.25) is 9.59 Å². The molecule has 3 rings (SSSR count). The minimum absolute atomic E-state index is 0.0705. The molecular weight excluding hydrogens is 502 g/mol. The van der Waals surface area contributed by atoms with Gasteiger partial charge in [0, 0.05) is 61.9 Å². The van der Waals surface area contributed by atoms with Crippen molar-refractivity contribution in [2.45, 2.75) is 66.7 Å². The Labute approximate surface area is 239 Å². The van der Waals surface area contributed by atoms with Crippen LogP contribution in [0.1, 0.15) is 78.8 Å². The molecule has 216 valence electrons. The number of aromatic nitrogens is 2. The summed E-state index contributed by atoms with van der Waals surface area (Å²) in [6.07, 6.45) is 7.10. The van der Waals surface area contributed by atoms with Crippen molar-refractivity contribution < 1.29 is 14.3 Å². The van der Waals surface area contributed by atoms with Crippen molar-refractivity contribution in [1.82, 2.24) is 25.1 Å². The third-order valence-corrected chi connectivity index (χ3v) is 6.67. The second-order valence-electron chi connectivity index (χ2n) is 9.89. The van der Waals surface area contributed by atoms with Crippen LogP contribution in [0, 0.1) is 0 Å². The number of hydrogen-bond donors (Lipinski definition) is 2. The Hall–Kier alpha value is -3.49. The summed E-state index contributed by atoms with van der Waals surface area (Å²) in [5.41, 5.74) is 4.25. The summed E-state index contributed by atoms with van der Waals surface area (Å²) in [5, 5.41) is 6.48. The monoisotopic (exact) mass is 547 g/mol. The fourth-order valence-corrected chi connectivity index (χ4v) is 4.62. The summed E-state index contributed by atoms with van der Waals surface area (Å²) in [6, 6.07) is 13.9. The number of carbonyl (C=O) groups excluding carboxylic acids is 2. The Morgan fingerprint density at radius 2 is 1.70 bits per heavy atom. The summed E-state index contributed by atoms with van der Waals surface area (Å²) in [6.45, 7) is 12.6. The van der Waals surface area contributed by atoms with Gasteiger partial charge in [-0.05, 0) is 68.5 Å². The maximum Gasteiger partial charge on any atom is 0.253 e. The number of imidazole rings is 1. The van der Waals surface area contributed by atoms with E-state index in [1.54, 1.807) is 18.3 Å². The van der Waals surface area contributed by atoms with E-state index in [0.717, 1.165) is 38.8 Å². The van der Waals surface area contributed by atoms with E-state index in [1.807, 2.05) is 28.7 Å². The zero-order chi connectivity index (χ0) is 28.7. The number of aryl methyl sites for hydroxylation is 1. The normalized spacial score (nSPS) is 11.0. The molecule has 0 aliphatic rings. The zero-order valence-corrected chi connectivity index (χ0v) is 24.5. The molecule has 2 aromatic carbocycles. The third-order valence-electron chi connectivity index (χ3n) is 6.67. The number of amides is 2. The average molecular weight is 548 g/mol. The Balaban J connectivity index is 1.71. The molecule has 0 aliphatic carbocycles. The van der Waals surface area contributed by atoms with Gasteiger partial charge in [-0.2, -0.15) is 0 Å². The highest BCUT2D eigenvalue weighted by molar-refractivity contribution is 6.01. The summed E-state index contributed by atoms with van der Waals surface area (Å²) < 4.78 is 7.47. The van der Waals surface area contributed by atoms with E-state index in [1.165, 1.54) is 11.1 Å². The van der Waals surface area contributed by atoms with Gasteiger partial charge in [0.15, 0.2) is 0 Å². The first-order chi connectivity index (χ1) is 19.5. The van der Waals surface area contributed by atoms with Crippen LogP contribution in [0.3, 0.4) is 0 Å². The summed E-state index contributed by atoms with van der Waals surface area (Å²) >= 11 is 0. The Kier molecular flexibility index (Phi) is 12.9. The minimum atomic E-state index is -0.202. The number of nitrogens with zero attached hydrogens (tertiary/aromatic N) is 3. The topological polar surface area (TPSA) is 88.5 Å². The van der Waals surface area contributed by atoms with Crippen LogP contribution < -0.4 is 10.6 Å². The molecule has 0 unspecified atom stereocenters. The molecule has 0 fully saturated rings. The van der Waals surface area contributed by atoms with Crippen molar-refractivity contribution in [3.63, 3.8) is 0 Å². The maximum absolute atomic E-state index is 13.5. The van der Waals surface area contributed by atoms with E-state index in [-0.39, 0.29) is 11.8 Å². The number of carbonyl (C=O) groups is 2. The van der Waals surface area contributed by atoms with Gasteiger partial charge in [0.2, 0.25) is 0 Å². The molecule has 40 heavy (non-hydrogen) atoms. The standard InChI is InChI=1S/C32H45N5O3/c1-5-16-36(17-6-2)32(39)29-21-27(30-34-15-18-37(30)24-40-8-4)20-28(22-29)31(38)35-14-10-13-33-23-26-12-9-11-25(7-3)19-26/h9,11-12,15,18-22,33H,5-8,10,13-14,16-17,23-24H2,1-4H3,(H,35,38). The van der Waals surface area contributed by atoms with Gasteiger partial charge in [-0.1, -0.05) is 45.0 Å². The summed E-state index contributed by atoms with van der Waals surface area (Å²) in [5.74, 6) is 0.386. The molecule has 0 atom stereocenters. The van der Waals surface area contributed by atoms with Gasteiger partial charge in [0.25, 0.3) is 11.8 Å². The molecule has 0 bridgehead atoms. The highest BCUT2D eigenvalue weighted by atomic mass is 16.5. The van der Waals surface area contributed by atoms with Crippen LogP contribution in [0.5, 0.6) is 0 Å². The lowest BCUT2D eigenvalue weighted by Gasteiger charge is -2.22. The number of ether oxygens (including phenoxy) is 1. The Morgan fingerprint density at radius 3 is 2.42 bits per heavy atom. The van der Waals surface area contributed by atoms with Gasteiger partial charge in [-0.15, -0.1) is 0 Å². The van der Waals surface area contributed by atoms with Crippen LogP contribution in [0.2, 0.25) is 0 Å². The van der Waals surface area contributed by atoms with E-state index in [9.17, 15) is 9.59 Å². The molecule has 0 saturated heterocycles.